The Morgan fingerprint density at radius 1 is 0.950 bits per heavy atom. The second-order valence-corrected chi connectivity index (χ2v) is 8.31. The zero-order valence-corrected chi connectivity index (χ0v) is 13.6. The zero-order chi connectivity index (χ0) is 15.0. The molecule has 1 fully saturated rings. The molecule has 0 spiro atoms. The summed E-state index contributed by atoms with van der Waals surface area (Å²) in [7, 11) is -3.34. The summed E-state index contributed by atoms with van der Waals surface area (Å²) in [6, 6.07) is 7.08. The highest BCUT2D eigenvalue weighted by Crippen LogP contribution is 2.21. The van der Waals surface area contributed by atoms with Crippen molar-refractivity contribution in [1.29, 1.82) is 0 Å². The summed E-state index contributed by atoms with van der Waals surface area (Å²) in [5.41, 5.74) is 1.17. The molecule has 1 aromatic carbocycles. The van der Waals surface area contributed by atoms with Gasteiger partial charge in [-0.2, -0.15) is 4.31 Å². The van der Waals surface area contributed by atoms with Crippen LogP contribution in [0.5, 0.6) is 0 Å². The second-order valence-electron chi connectivity index (χ2n) is 6.38. The molecule has 5 heteroatoms. The molecule has 0 atom stereocenters. The maximum atomic E-state index is 12.6. The van der Waals surface area contributed by atoms with Crippen LogP contribution < -0.4 is 0 Å². The number of nitrogens with zero attached hydrogens (tertiary/aromatic N) is 2. The van der Waals surface area contributed by atoms with Crippen LogP contribution in [0.3, 0.4) is 0 Å². The van der Waals surface area contributed by atoms with Gasteiger partial charge in [0.15, 0.2) is 0 Å². The average molecular weight is 296 g/mol. The minimum Gasteiger partial charge on any atom is -0.296 e. The van der Waals surface area contributed by atoms with Gasteiger partial charge in [0.25, 0.3) is 0 Å². The average Bonchev–Trinajstić information content (AvgIpc) is 2.38. The molecule has 1 heterocycles. The Kier molecular flexibility index (Phi) is 4.23. The van der Waals surface area contributed by atoms with Gasteiger partial charge >= 0.3 is 0 Å². The highest BCUT2D eigenvalue weighted by Gasteiger charge is 2.31. The Labute approximate surface area is 122 Å². The lowest BCUT2D eigenvalue weighted by Gasteiger charge is -2.41. The molecule has 0 aliphatic carbocycles. The van der Waals surface area contributed by atoms with Gasteiger partial charge in [-0.25, -0.2) is 8.42 Å². The van der Waals surface area contributed by atoms with E-state index in [1.807, 2.05) is 19.1 Å². The third-order valence-corrected chi connectivity index (χ3v) is 5.76. The molecule has 1 saturated heterocycles. The molecule has 0 unspecified atom stereocenters. The molecule has 4 nitrogen and oxygen atoms in total. The summed E-state index contributed by atoms with van der Waals surface area (Å²) in [4.78, 5) is 2.72. The van der Waals surface area contributed by atoms with Crippen LogP contribution in [0.4, 0.5) is 0 Å². The number of benzene rings is 1. The molecule has 20 heavy (non-hydrogen) atoms. The van der Waals surface area contributed by atoms with Crippen molar-refractivity contribution < 1.29 is 8.42 Å². The van der Waals surface area contributed by atoms with E-state index in [1.165, 1.54) is 0 Å². The minimum absolute atomic E-state index is 0.0969. The highest BCUT2D eigenvalue weighted by molar-refractivity contribution is 7.89. The Balaban J connectivity index is 2.11. The maximum absolute atomic E-state index is 12.6. The van der Waals surface area contributed by atoms with E-state index in [9.17, 15) is 8.42 Å². The fourth-order valence-electron chi connectivity index (χ4n) is 2.46. The molecule has 0 saturated carbocycles. The van der Waals surface area contributed by atoms with Gasteiger partial charge in [-0.15, -0.1) is 0 Å². The first kappa shape index (κ1) is 15.5. The first-order chi connectivity index (χ1) is 9.21. The third-order valence-electron chi connectivity index (χ3n) is 3.85. The summed E-state index contributed by atoms with van der Waals surface area (Å²) in [6.07, 6.45) is 0. The number of rotatable bonds is 2. The van der Waals surface area contributed by atoms with Gasteiger partial charge in [-0.1, -0.05) is 17.7 Å². The Bertz CT molecular complexity index is 551. The van der Waals surface area contributed by atoms with Crippen LogP contribution in [0.25, 0.3) is 0 Å². The predicted octanol–water partition coefficient (Wildman–Crippen LogP) is 2.10. The van der Waals surface area contributed by atoms with E-state index >= 15 is 0 Å². The van der Waals surface area contributed by atoms with E-state index < -0.39 is 10.0 Å². The summed E-state index contributed by atoms with van der Waals surface area (Å²) in [5.74, 6) is 0. The topological polar surface area (TPSA) is 40.6 Å². The quantitative estimate of drug-likeness (QED) is 0.839. The van der Waals surface area contributed by atoms with Crippen molar-refractivity contribution in [3.05, 3.63) is 29.8 Å². The Morgan fingerprint density at radius 2 is 1.45 bits per heavy atom. The molecule has 1 aromatic rings. The van der Waals surface area contributed by atoms with Gasteiger partial charge in [-0.05, 0) is 39.8 Å². The normalized spacial score (nSPS) is 19.2. The SMILES string of the molecule is Cc1ccc(S(=O)(=O)N2CCN(C(C)(C)C)CC2)cc1. The van der Waals surface area contributed by atoms with Gasteiger partial charge in [0, 0.05) is 31.7 Å². The molecule has 1 aliphatic rings. The molecule has 112 valence electrons. The van der Waals surface area contributed by atoms with Crippen molar-refractivity contribution in [2.24, 2.45) is 0 Å². The van der Waals surface area contributed by atoms with Crippen LogP contribution >= 0.6 is 0 Å². The van der Waals surface area contributed by atoms with Gasteiger partial charge in [0.2, 0.25) is 10.0 Å². The van der Waals surface area contributed by atoms with Crippen molar-refractivity contribution in [2.75, 3.05) is 26.2 Å². The highest BCUT2D eigenvalue weighted by atomic mass is 32.2. The molecule has 0 bridgehead atoms. The van der Waals surface area contributed by atoms with Gasteiger partial charge in [0.1, 0.15) is 0 Å². The van der Waals surface area contributed by atoms with Gasteiger partial charge < -0.3 is 0 Å². The van der Waals surface area contributed by atoms with E-state index in [1.54, 1.807) is 16.4 Å². The molecule has 1 aliphatic heterocycles. The number of aryl methyl sites for hydroxylation is 1. The smallest absolute Gasteiger partial charge is 0.243 e. The fraction of sp³-hybridized carbons (Fsp3) is 0.600. The van der Waals surface area contributed by atoms with E-state index in [0.29, 0.717) is 18.0 Å². The Morgan fingerprint density at radius 3 is 1.90 bits per heavy atom. The van der Waals surface area contributed by atoms with Crippen molar-refractivity contribution in [2.45, 2.75) is 38.1 Å². The third kappa shape index (κ3) is 3.22. The van der Waals surface area contributed by atoms with Crippen molar-refractivity contribution >= 4 is 10.0 Å². The van der Waals surface area contributed by atoms with E-state index in [4.69, 9.17) is 0 Å². The fourth-order valence-corrected chi connectivity index (χ4v) is 3.88. The second kappa shape index (κ2) is 5.47. The van der Waals surface area contributed by atoms with Crippen molar-refractivity contribution in [1.82, 2.24) is 9.21 Å². The number of hydrogen-bond donors (Lipinski definition) is 0. The molecule has 0 aromatic heterocycles. The molecule has 0 N–H and O–H groups in total. The summed E-state index contributed by atoms with van der Waals surface area (Å²) < 4.78 is 26.7. The molecule has 0 amide bonds. The first-order valence-electron chi connectivity index (χ1n) is 7.03. The van der Waals surface area contributed by atoms with Crippen molar-refractivity contribution in [3.63, 3.8) is 0 Å². The van der Waals surface area contributed by atoms with Crippen LogP contribution in [0, 0.1) is 6.92 Å². The van der Waals surface area contributed by atoms with Crippen LogP contribution in [0.15, 0.2) is 29.2 Å². The Hall–Kier alpha value is -0.910. The largest absolute Gasteiger partial charge is 0.296 e. The molecule has 2 rings (SSSR count). The molecular formula is C15H24N2O2S. The van der Waals surface area contributed by atoms with Crippen LogP contribution in [0.2, 0.25) is 0 Å². The standard InChI is InChI=1S/C15H24N2O2S/c1-13-5-7-14(8-6-13)20(18,19)17-11-9-16(10-12-17)15(2,3)4/h5-8H,9-12H2,1-4H3. The lowest BCUT2D eigenvalue weighted by atomic mass is 10.1. The predicted molar refractivity (Wildman–Crippen MR) is 81.3 cm³/mol. The van der Waals surface area contributed by atoms with E-state index in [2.05, 4.69) is 25.7 Å². The van der Waals surface area contributed by atoms with Crippen LogP contribution in [-0.2, 0) is 10.0 Å². The lowest BCUT2D eigenvalue weighted by Crippen LogP contribution is -2.54. The first-order valence-corrected chi connectivity index (χ1v) is 8.47. The number of hydrogen-bond acceptors (Lipinski definition) is 3. The van der Waals surface area contributed by atoms with Gasteiger partial charge in [-0.3, -0.25) is 4.90 Å². The summed E-state index contributed by atoms with van der Waals surface area (Å²) >= 11 is 0. The van der Waals surface area contributed by atoms with Gasteiger partial charge in [0.05, 0.1) is 4.90 Å². The minimum atomic E-state index is -3.34. The lowest BCUT2D eigenvalue weighted by molar-refractivity contribution is 0.0922. The van der Waals surface area contributed by atoms with Crippen molar-refractivity contribution in [3.8, 4) is 0 Å². The monoisotopic (exact) mass is 296 g/mol. The summed E-state index contributed by atoms with van der Waals surface area (Å²) in [6.45, 7) is 11.1. The maximum Gasteiger partial charge on any atom is 0.243 e. The number of piperazine rings is 1. The molecular weight excluding hydrogens is 272 g/mol. The van der Waals surface area contributed by atoms with E-state index in [0.717, 1.165) is 18.7 Å². The number of sulfonamides is 1. The summed E-state index contributed by atoms with van der Waals surface area (Å²) in [5, 5.41) is 0. The molecule has 0 radical (unpaired) electrons. The zero-order valence-electron chi connectivity index (χ0n) is 12.8. The van der Waals surface area contributed by atoms with Crippen LogP contribution in [0.1, 0.15) is 26.3 Å². The van der Waals surface area contributed by atoms with Crippen LogP contribution in [-0.4, -0.2) is 49.3 Å². The van der Waals surface area contributed by atoms with E-state index in [-0.39, 0.29) is 5.54 Å².